The van der Waals surface area contributed by atoms with Crippen LogP contribution in [0.15, 0.2) is 55.0 Å². The Kier molecular flexibility index (Phi) is 9.71. The third kappa shape index (κ3) is 7.01. The Balaban J connectivity index is 0.996. The molecule has 4 N–H and O–H groups in total. The van der Waals surface area contributed by atoms with E-state index in [9.17, 15) is 9.59 Å². The molecule has 2 aromatic carbocycles. The summed E-state index contributed by atoms with van der Waals surface area (Å²) in [7, 11) is 0.0173. The molecule has 16 heteroatoms. The Morgan fingerprint density at radius 3 is 2.52 bits per heavy atom. The first kappa shape index (κ1) is 38.9. The highest BCUT2D eigenvalue weighted by Crippen LogP contribution is 2.50. The average Bonchev–Trinajstić information content (AvgIpc) is 3.77. The van der Waals surface area contributed by atoms with Crippen LogP contribution < -0.4 is 15.4 Å². The fraction of sp³-hybridized carbons (Fsp3) is 0.432. The lowest BCUT2D eigenvalue weighted by Gasteiger charge is -2.37. The maximum absolute atomic E-state index is 16.8. The summed E-state index contributed by atoms with van der Waals surface area (Å²) < 4.78 is 30.6. The molecule has 13 nitrogen and oxygen atoms in total. The summed E-state index contributed by atoms with van der Waals surface area (Å²) in [6.07, 6.45) is 10.1. The van der Waals surface area contributed by atoms with Crippen molar-refractivity contribution in [1.82, 2.24) is 45.0 Å². The molecule has 2 saturated heterocycles. The number of amides is 2. The van der Waals surface area contributed by atoms with Crippen molar-refractivity contribution in [3.05, 3.63) is 82.3 Å². The molecule has 7 heterocycles. The van der Waals surface area contributed by atoms with Gasteiger partial charge in [-0.15, -0.1) is 11.3 Å². The van der Waals surface area contributed by atoms with Gasteiger partial charge in [0, 0.05) is 35.2 Å². The van der Waals surface area contributed by atoms with Crippen molar-refractivity contribution in [3.63, 3.8) is 0 Å². The van der Waals surface area contributed by atoms with Crippen molar-refractivity contribution in [3.8, 4) is 39.5 Å². The highest BCUT2D eigenvalue weighted by atomic mass is 32.1. The molecule has 3 fully saturated rings. The number of nitrogens with one attached hydrogen (secondary N) is 4. The highest BCUT2D eigenvalue weighted by Gasteiger charge is 2.38. The highest BCUT2D eigenvalue weighted by molar-refractivity contribution is 7.11. The molecule has 1 saturated carbocycles. The molecule has 4 aliphatic rings. The number of benzene rings is 2. The number of ether oxygens (including phenoxy) is 2. The number of hydrogen-bond acceptors (Lipinski definition) is 9. The van der Waals surface area contributed by atoms with Crippen LogP contribution in [0.4, 0.5) is 9.18 Å². The molecule has 10 rings (SSSR count). The smallest absolute Gasteiger partial charge is 0.407 e. The number of carbonyl (C=O) groups excluding carboxylic acids is 2. The third-order valence-corrected chi connectivity index (χ3v) is 16.4. The van der Waals surface area contributed by atoms with Crippen molar-refractivity contribution in [2.45, 2.75) is 95.4 Å². The quantitative estimate of drug-likeness (QED) is 0.105. The SMILES string of the molecule is COC(=O)N[C@H](C(=O)N1CCCC[C@H]1c1ncc(-c2cc(F)c3c(c2)O[C@@H](c2cnc(C4CC4)s2)n2c-3cc3cc(-c4cnc([C@@H]5C[Si](C)(C)CN5)[nH]4)ccc32)[nH]1)C(C)C. The van der Waals surface area contributed by atoms with Crippen LogP contribution in [0.1, 0.15) is 91.7 Å². The van der Waals surface area contributed by atoms with E-state index in [-0.39, 0.29) is 23.9 Å². The number of halogens is 1. The zero-order chi connectivity index (χ0) is 41.4. The second kappa shape index (κ2) is 15.0. The van der Waals surface area contributed by atoms with Gasteiger partial charge in [0.2, 0.25) is 12.1 Å². The minimum atomic E-state index is -1.27. The molecule has 6 aromatic rings. The molecule has 4 atom stereocenters. The first-order valence-electron chi connectivity index (χ1n) is 21.0. The minimum absolute atomic E-state index is 0.155. The lowest BCUT2D eigenvalue weighted by atomic mass is 9.97. The van der Waals surface area contributed by atoms with Gasteiger partial charge in [-0.3, -0.25) is 9.36 Å². The number of imidazole rings is 2. The first-order chi connectivity index (χ1) is 28.9. The average molecular weight is 848 g/mol. The Morgan fingerprint density at radius 1 is 0.983 bits per heavy atom. The van der Waals surface area contributed by atoms with E-state index in [1.807, 2.05) is 32.3 Å². The summed E-state index contributed by atoms with van der Waals surface area (Å²) in [6.45, 7) is 9.14. The lowest BCUT2D eigenvalue weighted by Crippen LogP contribution is -2.53. The van der Waals surface area contributed by atoms with Gasteiger partial charge in [-0.2, -0.15) is 0 Å². The zero-order valence-corrected chi connectivity index (χ0v) is 36.3. The van der Waals surface area contributed by atoms with Crippen molar-refractivity contribution >= 4 is 42.3 Å². The van der Waals surface area contributed by atoms with Gasteiger partial charge in [0.15, 0.2) is 0 Å². The van der Waals surface area contributed by atoms with Crippen LogP contribution in [-0.2, 0) is 9.53 Å². The van der Waals surface area contributed by atoms with Crippen molar-refractivity contribution in [1.29, 1.82) is 0 Å². The van der Waals surface area contributed by atoms with Crippen LogP contribution in [0.2, 0.25) is 19.1 Å². The van der Waals surface area contributed by atoms with Gasteiger partial charge in [0.25, 0.3) is 0 Å². The molecule has 312 valence electrons. The van der Waals surface area contributed by atoms with E-state index >= 15 is 4.39 Å². The Morgan fingerprint density at radius 2 is 1.77 bits per heavy atom. The lowest BCUT2D eigenvalue weighted by molar-refractivity contribution is -0.138. The van der Waals surface area contributed by atoms with Crippen LogP contribution in [-0.4, -0.2) is 80.3 Å². The van der Waals surface area contributed by atoms with Crippen molar-refractivity contribution in [2.24, 2.45) is 5.92 Å². The normalized spacial score (nSPS) is 21.4. The van der Waals surface area contributed by atoms with E-state index in [0.29, 0.717) is 47.3 Å². The van der Waals surface area contributed by atoms with Gasteiger partial charge >= 0.3 is 6.09 Å². The Labute approximate surface area is 352 Å². The summed E-state index contributed by atoms with van der Waals surface area (Å²) >= 11 is 1.66. The molecule has 0 spiro atoms. The fourth-order valence-corrected chi connectivity index (χ4v) is 12.7. The van der Waals surface area contributed by atoms with Gasteiger partial charge in [0.05, 0.1) is 77.7 Å². The number of H-pyrrole nitrogens is 2. The van der Waals surface area contributed by atoms with Crippen LogP contribution in [0.25, 0.3) is 44.7 Å². The number of fused-ring (bicyclic) bond motifs is 5. The summed E-state index contributed by atoms with van der Waals surface area (Å²) in [5, 5.41) is 8.46. The van der Waals surface area contributed by atoms with E-state index in [2.05, 4.69) is 62.5 Å². The predicted octanol–water partition coefficient (Wildman–Crippen LogP) is 8.83. The number of aromatic amines is 2. The number of rotatable bonds is 9. The molecule has 0 bridgehead atoms. The second-order valence-electron chi connectivity index (χ2n) is 17.9. The van der Waals surface area contributed by atoms with E-state index in [0.717, 1.165) is 81.5 Å². The zero-order valence-electron chi connectivity index (χ0n) is 34.5. The predicted molar refractivity (Wildman–Crippen MR) is 231 cm³/mol. The largest absolute Gasteiger partial charge is 0.464 e. The molecule has 0 unspecified atom stereocenters. The number of likely N-dealkylation sites (tertiary alicyclic amines) is 1. The number of thiazole rings is 1. The van der Waals surface area contributed by atoms with Gasteiger partial charge < -0.3 is 35.0 Å². The number of carbonyl (C=O) groups is 2. The number of nitrogens with zero attached hydrogens (tertiary/aromatic N) is 5. The van der Waals surface area contributed by atoms with Crippen molar-refractivity contribution in [2.75, 3.05) is 19.8 Å². The molecule has 4 aromatic heterocycles. The number of aromatic nitrogens is 6. The van der Waals surface area contributed by atoms with E-state index in [1.54, 1.807) is 22.4 Å². The van der Waals surface area contributed by atoms with Crippen LogP contribution in [0, 0.1) is 11.7 Å². The van der Waals surface area contributed by atoms with Gasteiger partial charge in [-0.05, 0) is 80.6 Å². The van der Waals surface area contributed by atoms with Gasteiger partial charge in [-0.25, -0.2) is 24.1 Å². The molecule has 3 aliphatic heterocycles. The second-order valence-corrected chi connectivity index (χ2v) is 24.1. The number of piperidine rings is 1. The van der Waals surface area contributed by atoms with Crippen LogP contribution in [0.5, 0.6) is 5.75 Å². The topological polar surface area (TPSA) is 155 Å². The summed E-state index contributed by atoms with van der Waals surface area (Å²) in [4.78, 5) is 50.1. The van der Waals surface area contributed by atoms with Gasteiger partial charge in [-0.1, -0.05) is 33.0 Å². The molecular formula is C44H50FN9O4SSi. The first-order valence-corrected chi connectivity index (χ1v) is 25.3. The monoisotopic (exact) mass is 847 g/mol. The van der Waals surface area contributed by atoms with Crippen LogP contribution >= 0.6 is 11.3 Å². The van der Waals surface area contributed by atoms with E-state index in [1.165, 1.54) is 13.2 Å². The van der Waals surface area contributed by atoms with Crippen molar-refractivity contribution < 1.29 is 23.5 Å². The third-order valence-electron chi connectivity index (χ3n) is 12.6. The Bertz CT molecular complexity index is 2630. The fourth-order valence-electron chi connectivity index (χ4n) is 9.18. The summed E-state index contributed by atoms with van der Waals surface area (Å²) in [5.74, 6) is 1.74. The molecule has 60 heavy (non-hydrogen) atoms. The van der Waals surface area contributed by atoms with E-state index < -0.39 is 32.3 Å². The molecule has 2 amide bonds. The molecule has 1 aliphatic carbocycles. The molecule has 0 radical (unpaired) electrons. The minimum Gasteiger partial charge on any atom is -0.464 e. The Hall–Kier alpha value is -5.32. The van der Waals surface area contributed by atoms with E-state index in [4.69, 9.17) is 24.4 Å². The maximum Gasteiger partial charge on any atom is 0.407 e. The summed E-state index contributed by atoms with van der Waals surface area (Å²) in [5.41, 5.74) is 5.21. The molecular weight excluding hydrogens is 798 g/mol. The number of alkyl carbamates (subject to hydrolysis) is 1. The standard InChI is InChI=1S/C44H50FN9O4SSi/c1-23(2)38(52-44(56)57-3)42(55)53-13-7-6-8-33(53)40-47-19-30(51-40)26-15-28(45)37-34-16-27-14-25(29-18-46-39(50-29)31-21-60(4,5)22-49-31)11-12-32(27)54(34)43(58-35(37)17-26)36-20-48-41(59-36)24-9-10-24/h11-12,14-20,23-24,31,33,38,43,49H,6-10,13,21-22H2,1-5H3,(H,46,50)(H,47,51)(H,52,56)/t31-,33-,38-,43-/m0/s1. The number of methoxy groups -OCH3 is 1. The van der Waals surface area contributed by atoms with Crippen LogP contribution in [0.3, 0.4) is 0 Å². The van der Waals surface area contributed by atoms with Gasteiger partial charge in [0.1, 0.15) is 29.3 Å². The summed E-state index contributed by atoms with van der Waals surface area (Å²) in [6, 6.07) is 12.1. The number of hydrogen-bond donors (Lipinski definition) is 4. The maximum atomic E-state index is 16.8.